The molecule has 1 aliphatic rings. The second kappa shape index (κ2) is 10.2. The standard InChI is InChI=1S/C23H32N4O/c1-3-27(4-2)22-13-12-21(16-24-22)23(28)25-15-20-11-8-14-26(18-20)17-19-9-6-5-7-10-19/h5-7,9-10,12-13,16,20H,3-4,8,11,14-15,17-18H2,1-2H3,(H,25,28). The predicted octanol–water partition coefficient (Wildman–Crippen LogP) is 3.57. The molecule has 5 nitrogen and oxygen atoms in total. The van der Waals surface area contributed by atoms with Gasteiger partial charge in [-0.1, -0.05) is 30.3 Å². The van der Waals surface area contributed by atoms with Crippen molar-refractivity contribution in [2.75, 3.05) is 37.6 Å². The van der Waals surface area contributed by atoms with E-state index in [1.54, 1.807) is 6.20 Å². The first-order valence-electron chi connectivity index (χ1n) is 10.4. The summed E-state index contributed by atoms with van der Waals surface area (Å²) in [7, 11) is 0. The Bertz CT molecular complexity index is 728. The van der Waals surface area contributed by atoms with Crippen molar-refractivity contribution in [1.29, 1.82) is 0 Å². The number of rotatable bonds is 8. The van der Waals surface area contributed by atoms with Gasteiger partial charge in [-0.25, -0.2) is 4.98 Å². The quantitative estimate of drug-likeness (QED) is 0.761. The van der Waals surface area contributed by atoms with Crippen molar-refractivity contribution < 1.29 is 4.79 Å². The molecule has 0 spiro atoms. The molecule has 150 valence electrons. The van der Waals surface area contributed by atoms with Gasteiger partial charge < -0.3 is 10.2 Å². The van der Waals surface area contributed by atoms with Crippen molar-refractivity contribution in [3.05, 3.63) is 59.8 Å². The molecule has 2 heterocycles. The molecule has 3 rings (SSSR count). The van der Waals surface area contributed by atoms with Crippen LogP contribution in [0.15, 0.2) is 48.7 Å². The molecule has 0 aliphatic carbocycles. The summed E-state index contributed by atoms with van der Waals surface area (Å²) in [6.07, 6.45) is 4.05. The minimum Gasteiger partial charge on any atom is -0.357 e. The van der Waals surface area contributed by atoms with Crippen LogP contribution in [-0.2, 0) is 6.54 Å². The van der Waals surface area contributed by atoms with Gasteiger partial charge in [0.1, 0.15) is 5.82 Å². The van der Waals surface area contributed by atoms with Crippen LogP contribution in [-0.4, -0.2) is 48.5 Å². The number of nitrogens with one attached hydrogen (secondary N) is 1. The number of hydrogen-bond donors (Lipinski definition) is 1. The van der Waals surface area contributed by atoms with Gasteiger partial charge in [0.15, 0.2) is 0 Å². The van der Waals surface area contributed by atoms with Crippen LogP contribution >= 0.6 is 0 Å². The van der Waals surface area contributed by atoms with Crippen LogP contribution in [0.2, 0.25) is 0 Å². The van der Waals surface area contributed by atoms with Crippen LogP contribution in [0.3, 0.4) is 0 Å². The van der Waals surface area contributed by atoms with Crippen molar-refractivity contribution in [1.82, 2.24) is 15.2 Å². The number of anilines is 1. The summed E-state index contributed by atoms with van der Waals surface area (Å²) in [6.45, 7) is 9.93. The van der Waals surface area contributed by atoms with E-state index in [1.807, 2.05) is 12.1 Å². The number of hydrogen-bond acceptors (Lipinski definition) is 4. The highest BCUT2D eigenvalue weighted by Crippen LogP contribution is 2.18. The lowest BCUT2D eigenvalue weighted by molar-refractivity contribution is 0.0930. The maximum atomic E-state index is 12.5. The van der Waals surface area contributed by atoms with Gasteiger partial charge in [-0.2, -0.15) is 0 Å². The van der Waals surface area contributed by atoms with Crippen LogP contribution in [0, 0.1) is 5.92 Å². The second-order valence-corrected chi connectivity index (χ2v) is 7.52. The van der Waals surface area contributed by atoms with Crippen molar-refractivity contribution in [3.8, 4) is 0 Å². The van der Waals surface area contributed by atoms with Crippen molar-refractivity contribution in [2.45, 2.75) is 33.2 Å². The Kier molecular flexibility index (Phi) is 7.43. The van der Waals surface area contributed by atoms with E-state index in [2.05, 4.69) is 64.3 Å². The molecule has 1 N–H and O–H groups in total. The van der Waals surface area contributed by atoms with Gasteiger partial charge in [-0.3, -0.25) is 9.69 Å². The summed E-state index contributed by atoms with van der Waals surface area (Å²) in [4.78, 5) is 21.6. The third-order valence-corrected chi connectivity index (χ3v) is 5.50. The maximum Gasteiger partial charge on any atom is 0.252 e. The molecule has 1 aromatic carbocycles. The van der Waals surface area contributed by atoms with Gasteiger partial charge in [0.05, 0.1) is 5.56 Å². The van der Waals surface area contributed by atoms with Crippen molar-refractivity contribution >= 4 is 11.7 Å². The van der Waals surface area contributed by atoms with E-state index < -0.39 is 0 Å². The number of nitrogens with zero attached hydrogens (tertiary/aromatic N) is 3. The Balaban J connectivity index is 1.48. The molecule has 1 aromatic heterocycles. The van der Waals surface area contributed by atoms with Gasteiger partial charge in [0.2, 0.25) is 0 Å². The number of carbonyl (C=O) groups is 1. The highest BCUT2D eigenvalue weighted by atomic mass is 16.1. The van der Waals surface area contributed by atoms with E-state index >= 15 is 0 Å². The molecule has 0 saturated carbocycles. The average Bonchev–Trinajstić information content (AvgIpc) is 2.74. The molecule has 2 aromatic rings. The summed E-state index contributed by atoms with van der Waals surface area (Å²) in [5, 5.41) is 3.11. The summed E-state index contributed by atoms with van der Waals surface area (Å²) < 4.78 is 0. The first kappa shape index (κ1) is 20.3. The van der Waals surface area contributed by atoms with Crippen LogP contribution in [0.25, 0.3) is 0 Å². The molecule has 1 atom stereocenters. The first-order valence-corrected chi connectivity index (χ1v) is 10.4. The molecule has 1 aliphatic heterocycles. The molecular formula is C23H32N4O. The van der Waals surface area contributed by atoms with Crippen LogP contribution in [0.5, 0.6) is 0 Å². The number of likely N-dealkylation sites (tertiary alicyclic amines) is 1. The number of pyridine rings is 1. The highest BCUT2D eigenvalue weighted by Gasteiger charge is 2.20. The Hall–Kier alpha value is -2.40. The SMILES string of the molecule is CCN(CC)c1ccc(C(=O)NCC2CCCN(Cc3ccccc3)C2)cn1. The molecule has 1 amide bonds. The number of carbonyl (C=O) groups excluding carboxylic acids is 1. The molecule has 0 bridgehead atoms. The second-order valence-electron chi connectivity index (χ2n) is 7.52. The Morgan fingerprint density at radius 2 is 1.96 bits per heavy atom. The fourth-order valence-electron chi connectivity index (χ4n) is 3.90. The van der Waals surface area contributed by atoms with Crippen LogP contribution < -0.4 is 10.2 Å². The maximum absolute atomic E-state index is 12.5. The van der Waals surface area contributed by atoms with Crippen molar-refractivity contribution in [3.63, 3.8) is 0 Å². The van der Waals surface area contributed by atoms with Gasteiger partial charge >= 0.3 is 0 Å². The monoisotopic (exact) mass is 380 g/mol. The highest BCUT2D eigenvalue weighted by molar-refractivity contribution is 5.94. The van der Waals surface area contributed by atoms with Crippen LogP contribution in [0.1, 0.15) is 42.6 Å². The zero-order valence-corrected chi connectivity index (χ0v) is 17.1. The first-order chi connectivity index (χ1) is 13.7. The third-order valence-electron chi connectivity index (χ3n) is 5.50. The molecule has 28 heavy (non-hydrogen) atoms. The van der Waals surface area contributed by atoms with E-state index in [-0.39, 0.29) is 5.91 Å². The Morgan fingerprint density at radius 3 is 2.64 bits per heavy atom. The van der Waals surface area contributed by atoms with Crippen molar-refractivity contribution in [2.24, 2.45) is 5.92 Å². The molecule has 0 radical (unpaired) electrons. The summed E-state index contributed by atoms with van der Waals surface area (Å²) in [5.74, 6) is 1.40. The summed E-state index contributed by atoms with van der Waals surface area (Å²) >= 11 is 0. The van der Waals surface area contributed by atoms with E-state index in [0.29, 0.717) is 11.5 Å². The lowest BCUT2D eigenvalue weighted by atomic mass is 9.97. The zero-order valence-electron chi connectivity index (χ0n) is 17.1. The molecule has 5 heteroatoms. The van der Waals surface area contributed by atoms with E-state index in [0.717, 1.165) is 45.1 Å². The van der Waals surface area contributed by atoms with Gasteiger partial charge in [-0.05, 0) is 56.8 Å². The van der Waals surface area contributed by atoms with E-state index in [4.69, 9.17) is 0 Å². The van der Waals surface area contributed by atoms with Crippen LogP contribution in [0.4, 0.5) is 5.82 Å². The predicted molar refractivity (Wildman–Crippen MR) is 115 cm³/mol. The lowest BCUT2D eigenvalue weighted by Gasteiger charge is -2.32. The Morgan fingerprint density at radius 1 is 1.18 bits per heavy atom. The number of benzene rings is 1. The number of piperidine rings is 1. The summed E-state index contributed by atoms with van der Waals surface area (Å²) in [6, 6.07) is 14.4. The van der Waals surface area contributed by atoms with E-state index in [1.165, 1.54) is 18.4 Å². The number of amides is 1. The molecule has 1 saturated heterocycles. The lowest BCUT2D eigenvalue weighted by Crippen LogP contribution is -2.40. The normalized spacial score (nSPS) is 17.3. The topological polar surface area (TPSA) is 48.5 Å². The van der Waals surface area contributed by atoms with Gasteiger partial charge in [0, 0.05) is 38.9 Å². The van der Waals surface area contributed by atoms with E-state index in [9.17, 15) is 4.79 Å². The smallest absolute Gasteiger partial charge is 0.252 e. The molecule has 1 fully saturated rings. The Labute approximate surface area is 168 Å². The van der Waals surface area contributed by atoms with Gasteiger partial charge in [-0.15, -0.1) is 0 Å². The fourth-order valence-corrected chi connectivity index (χ4v) is 3.90. The van der Waals surface area contributed by atoms with Gasteiger partial charge in [0.25, 0.3) is 5.91 Å². The minimum absolute atomic E-state index is 0.0289. The minimum atomic E-state index is -0.0289. The number of aromatic nitrogens is 1. The fraction of sp³-hybridized carbons (Fsp3) is 0.478. The summed E-state index contributed by atoms with van der Waals surface area (Å²) in [5.41, 5.74) is 1.99. The molecule has 1 unspecified atom stereocenters. The third kappa shape index (κ3) is 5.55. The average molecular weight is 381 g/mol. The largest absolute Gasteiger partial charge is 0.357 e. The zero-order chi connectivity index (χ0) is 19.8. The molecular weight excluding hydrogens is 348 g/mol.